The van der Waals surface area contributed by atoms with Crippen molar-refractivity contribution in [3.63, 3.8) is 0 Å². The first-order chi connectivity index (χ1) is 25.7. The molecule has 8 nitrogen and oxygen atoms in total. The van der Waals surface area contributed by atoms with Crippen molar-refractivity contribution in [2.24, 2.45) is 40.4 Å². The number of aromatic hydroxyl groups is 1. The summed E-state index contributed by atoms with van der Waals surface area (Å²) in [5.74, 6) is -3.55. The fraction of sp³-hybridized carbons (Fsp3) is 0.596. The Bertz CT molecular complexity index is 1980. The van der Waals surface area contributed by atoms with E-state index in [2.05, 4.69) is 59.7 Å². The minimum absolute atomic E-state index is 0.00220. The van der Waals surface area contributed by atoms with Crippen molar-refractivity contribution in [3.8, 4) is 5.75 Å². The standard InChI is InChI=1S/C47H62O8/c1-12-34-26(7)25(6)27(8)35(55-34)20-30-16-14-13-15-29(30)17-18-31-19-32(23(2)3)33-21-45(10)22-46(11)38(24(4)5)41(50)36(28(9)48)43(52)47(46,54)44(53)39(45)42(51)37(33)40(31)49/h13-16,19,23-27,34-35,38,49-50,53-54H,12,17-18,20-22H2,1-11H3/t25-,26+,27-,34?,35?,38?,45+,46+,47-/m0/s1. The maximum atomic E-state index is 14.9. The Labute approximate surface area is 327 Å². The molecule has 0 radical (unpaired) electrons. The van der Waals surface area contributed by atoms with Gasteiger partial charge >= 0.3 is 0 Å². The second kappa shape index (κ2) is 14.3. The number of ether oxygens (including phenoxy) is 1. The third-order valence-electron chi connectivity index (χ3n) is 14.5. The molecule has 2 aromatic carbocycles. The Morgan fingerprint density at radius 1 is 0.909 bits per heavy atom. The molecule has 1 saturated heterocycles. The molecule has 1 heterocycles. The van der Waals surface area contributed by atoms with Crippen LogP contribution in [0, 0.1) is 40.4 Å². The summed E-state index contributed by atoms with van der Waals surface area (Å²) in [7, 11) is 0. The Morgan fingerprint density at radius 2 is 1.51 bits per heavy atom. The molecule has 6 rings (SSSR count). The number of carbonyl (C=O) groups excluding carboxylic acids is 3. The first kappa shape index (κ1) is 40.9. The lowest BCUT2D eigenvalue weighted by Gasteiger charge is -2.59. The largest absolute Gasteiger partial charge is 0.511 e. The average molecular weight is 755 g/mol. The smallest absolute Gasteiger partial charge is 0.209 e. The van der Waals surface area contributed by atoms with Crippen molar-refractivity contribution in [3.05, 3.63) is 86.4 Å². The molecular weight excluding hydrogens is 693 g/mol. The van der Waals surface area contributed by atoms with E-state index in [1.54, 1.807) is 6.92 Å². The number of aryl methyl sites for hydroxylation is 2. The minimum Gasteiger partial charge on any atom is -0.511 e. The first-order valence-corrected chi connectivity index (χ1v) is 20.5. The zero-order chi connectivity index (χ0) is 40.7. The maximum absolute atomic E-state index is 14.9. The number of allylic oxidation sites excluding steroid dienone is 2. The molecule has 1 fully saturated rings. The summed E-state index contributed by atoms with van der Waals surface area (Å²) >= 11 is 0. The van der Waals surface area contributed by atoms with Gasteiger partial charge in [-0.1, -0.05) is 99.6 Å². The van der Waals surface area contributed by atoms with Crippen molar-refractivity contribution in [1.82, 2.24) is 0 Å². The van der Waals surface area contributed by atoms with Gasteiger partial charge in [0, 0.05) is 22.3 Å². The third-order valence-corrected chi connectivity index (χ3v) is 14.5. The second-order valence-electron chi connectivity index (χ2n) is 18.6. The van der Waals surface area contributed by atoms with Crippen molar-refractivity contribution in [1.29, 1.82) is 0 Å². The van der Waals surface area contributed by atoms with Crippen molar-refractivity contribution in [2.45, 2.75) is 138 Å². The number of ketones is 3. The van der Waals surface area contributed by atoms with Crippen LogP contribution < -0.4 is 0 Å². The molecule has 0 saturated carbocycles. The van der Waals surface area contributed by atoms with Gasteiger partial charge in [-0.2, -0.15) is 0 Å². The molecule has 4 N–H and O–H groups in total. The van der Waals surface area contributed by atoms with Crippen LogP contribution in [0.15, 0.2) is 53.0 Å². The van der Waals surface area contributed by atoms with E-state index in [0.717, 1.165) is 30.9 Å². The molecule has 1 aliphatic heterocycles. The molecule has 3 aliphatic carbocycles. The molecule has 2 aromatic rings. The van der Waals surface area contributed by atoms with Gasteiger partial charge in [-0.3, -0.25) is 14.4 Å². The van der Waals surface area contributed by atoms with Crippen LogP contribution in [0.4, 0.5) is 0 Å². The van der Waals surface area contributed by atoms with Gasteiger partial charge in [0.25, 0.3) is 0 Å². The molecule has 4 aliphatic rings. The van der Waals surface area contributed by atoms with Gasteiger partial charge in [0.1, 0.15) is 22.8 Å². The Morgan fingerprint density at radius 3 is 2.09 bits per heavy atom. The molecule has 8 heteroatoms. The maximum Gasteiger partial charge on any atom is 0.209 e. The van der Waals surface area contributed by atoms with Gasteiger partial charge in [-0.15, -0.1) is 0 Å². The fourth-order valence-corrected chi connectivity index (χ4v) is 11.4. The predicted molar refractivity (Wildman–Crippen MR) is 213 cm³/mol. The van der Waals surface area contributed by atoms with E-state index in [4.69, 9.17) is 4.74 Å². The highest BCUT2D eigenvalue weighted by atomic mass is 16.5. The molecule has 3 unspecified atom stereocenters. The summed E-state index contributed by atoms with van der Waals surface area (Å²) in [4.78, 5) is 41.8. The van der Waals surface area contributed by atoms with Crippen molar-refractivity contribution >= 4 is 17.3 Å². The number of fused-ring (bicyclic) bond motifs is 3. The number of aliphatic hydroxyl groups is 3. The van der Waals surface area contributed by atoms with Gasteiger partial charge in [-0.25, -0.2) is 0 Å². The number of hydrogen-bond acceptors (Lipinski definition) is 8. The van der Waals surface area contributed by atoms with Crippen molar-refractivity contribution in [2.75, 3.05) is 0 Å². The highest BCUT2D eigenvalue weighted by molar-refractivity contribution is 6.25. The summed E-state index contributed by atoms with van der Waals surface area (Å²) in [5.41, 5.74) is -1.14. The van der Waals surface area contributed by atoms with Crippen LogP contribution in [0.1, 0.15) is 133 Å². The summed E-state index contributed by atoms with van der Waals surface area (Å²) in [6.07, 6.45) is 3.51. The molecular formula is C47H62O8. The zero-order valence-electron chi connectivity index (χ0n) is 34.7. The first-order valence-electron chi connectivity index (χ1n) is 20.5. The van der Waals surface area contributed by atoms with E-state index in [1.165, 1.54) is 5.56 Å². The lowest BCUT2D eigenvalue weighted by molar-refractivity contribution is -0.171. The number of rotatable bonds is 9. The van der Waals surface area contributed by atoms with E-state index >= 15 is 0 Å². The molecule has 55 heavy (non-hydrogen) atoms. The molecule has 298 valence electrons. The van der Waals surface area contributed by atoms with Gasteiger partial charge < -0.3 is 25.2 Å². The van der Waals surface area contributed by atoms with Crippen LogP contribution in [0.2, 0.25) is 0 Å². The number of phenolic OH excluding ortho intramolecular Hbond substituents is 1. The molecule has 0 amide bonds. The Hall–Kier alpha value is -3.75. The quantitative estimate of drug-likeness (QED) is 0.186. The van der Waals surface area contributed by atoms with Gasteiger partial charge in [-0.05, 0) is 103 Å². The van der Waals surface area contributed by atoms with Gasteiger partial charge in [0.15, 0.2) is 17.2 Å². The monoisotopic (exact) mass is 754 g/mol. The molecule has 0 bridgehead atoms. The van der Waals surface area contributed by atoms with Crippen molar-refractivity contribution < 1.29 is 39.5 Å². The van der Waals surface area contributed by atoms with Gasteiger partial charge in [0.05, 0.1) is 17.8 Å². The van der Waals surface area contributed by atoms with E-state index in [1.807, 2.05) is 32.9 Å². The third kappa shape index (κ3) is 6.12. The number of Topliss-reactive ketones (excluding diaryl/α,β-unsaturated/α-hetero) is 3. The normalized spacial score (nSPS) is 33.6. The predicted octanol–water partition coefficient (Wildman–Crippen LogP) is 8.88. The van der Waals surface area contributed by atoms with Crippen LogP contribution in [-0.4, -0.2) is 55.6 Å². The number of benzene rings is 2. The SMILES string of the molecule is CCC1OC(Cc2ccccc2CCc2cc(C(C)C)c3c(c2O)C(=O)C2=C(O)[C@@]4(O)C(=O)C(C(C)=O)=C(O)C(C(C)C)[C@@]4(C)C[C@@]2(C)C3)[C@@H](C)[C@@H](C)[C@H]1C. The minimum atomic E-state index is -2.64. The molecule has 9 atom stereocenters. The van der Waals surface area contributed by atoms with E-state index in [-0.39, 0.29) is 59.5 Å². The Balaban J connectivity index is 1.41. The number of hydrogen-bond donors (Lipinski definition) is 4. The Kier molecular flexibility index (Phi) is 10.7. The topological polar surface area (TPSA) is 141 Å². The number of phenols is 1. The number of carbonyl (C=O) groups is 3. The fourth-order valence-electron chi connectivity index (χ4n) is 11.4. The number of aliphatic hydroxyl groups excluding tert-OH is 2. The molecule has 0 aromatic heterocycles. The zero-order valence-corrected chi connectivity index (χ0v) is 34.7. The average Bonchev–Trinajstić information content (AvgIpc) is 3.09. The van der Waals surface area contributed by atoms with Crippen LogP contribution in [-0.2, 0) is 40.0 Å². The second-order valence-corrected chi connectivity index (χ2v) is 18.6. The van der Waals surface area contributed by atoms with Gasteiger partial charge in [0.2, 0.25) is 5.78 Å². The lowest BCUT2D eigenvalue weighted by atomic mass is 9.44. The summed E-state index contributed by atoms with van der Waals surface area (Å²) in [5, 5.41) is 48.1. The van der Waals surface area contributed by atoms with E-state index < -0.39 is 51.0 Å². The highest BCUT2D eigenvalue weighted by Crippen LogP contribution is 2.65. The van der Waals surface area contributed by atoms with E-state index in [9.17, 15) is 34.8 Å². The highest BCUT2D eigenvalue weighted by Gasteiger charge is 2.71. The van der Waals surface area contributed by atoms with Crippen LogP contribution in [0.25, 0.3) is 0 Å². The lowest BCUT2D eigenvalue weighted by Crippen LogP contribution is -2.67. The van der Waals surface area contributed by atoms with Crippen LogP contribution >= 0.6 is 0 Å². The summed E-state index contributed by atoms with van der Waals surface area (Å²) in [6.45, 7) is 21.5. The van der Waals surface area contributed by atoms with Crippen LogP contribution in [0.5, 0.6) is 5.75 Å². The molecule has 0 spiro atoms. The summed E-state index contributed by atoms with van der Waals surface area (Å²) in [6, 6.07) is 10.4. The van der Waals surface area contributed by atoms with E-state index in [0.29, 0.717) is 41.7 Å². The van der Waals surface area contributed by atoms with Crippen LogP contribution in [0.3, 0.4) is 0 Å². The summed E-state index contributed by atoms with van der Waals surface area (Å²) < 4.78 is 6.67.